The lowest BCUT2D eigenvalue weighted by Gasteiger charge is -2.47. The van der Waals surface area contributed by atoms with Crippen LogP contribution in [0.4, 0.5) is 4.79 Å². The molecule has 2 aromatic rings. The van der Waals surface area contributed by atoms with Crippen LogP contribution in [0.2, 0.25) is 0 Å². The minimum atomic E-state index is -1.63. The van der Waals surface area contributed by atoms with Gasteiger partial charge in [0.05, 0.1) is 73.5 Å². The number of nitrogens with one attached hydrogen (secondary N) is 1. The Morgan fingerprint density at radius 2 is 1.26 bits per heavy atom. The lowest BCUT2D eigenvalue weighted by molar-refractivity contribution is -0.315. The fraction of sp³-hybridized carbons (Fsp3) is 0.531. The molecule has 0 radical (unpaired) electrons. The topological polar surface area (TPSA) is 284 Å². The first-order valence-electron chi connectivity index (χ1n) is 28.5. The maximum Gasteiger partial charge on any atom is 0.407 e. The van der Waals surface area contributed by atoms with Gasteiger partial charge in [0, 0.05) is 56.5 Å². The summed E-state index contributed by atoms with van der Waals surface area (Å²) in [5.74, 6) is -4.00. The summed E-state index contributed by atoms with van der Waals surface area (Å²) in [4.78, 5) is 26.3. The number of aliphatic hydroxyl groups is 9. The van der Waals surface area contributed by atoms with Gasteiger partial charge in [-0.15, -0.1) is 6.58 Å². The number of esters is 1. The fourth-order valence-electron chi connectivity index (χ4n) is 11.1. The van der Waals surface area contributed by atoms with Gasteiger partial charge in [-0.2, -0.15) is 0 Å². The Kier molecular flexibility index (Phi) is 25.7. The maximum atomic E-state index is 13.5. The van der Waals surface area contributed by atoms with Gasteiger partial charge in [0.2, 0.25) is 0 Å². The predicted molar refractivity (Wildman–Crippen MR) is 308 cm³/mol. The van der Waals surface area contributed by atoms with E-state index >= 15 is 0 Å². The molecule has 4 aliphatic rings. The van der Waals surface area contributed by atoms with E-state index in [9.17, 15) is 55.5 Å². The Hall–Kier alpha value is -5.42. The van der Waals surface area contributed by atoms with E-state index in [-0.39, 0.29) is 63.4 Å². The second-order valence-corrected chi connectivity index (χ2v) is 22.1. The van der Waals surface area contributed by atoms with Crippen LogP contribution < -0.4 is 5.32 Å². The van der Waals surface area contributed by atoms with Crippen LogP contribution in [0.25, 0.3) is 11.1 Å². The molecule has 2 saturated heterocycles. The van der Waals surface area contributed by atoms with E-state index in [2.05, 4.69) is 11.9 Å². The first-order chi connectivity index (χ1) is 39.2. The molecule has 2 bridgehead atoms. The van der Waals surface area contributed by atoms with Gasteiger partial charge in [-0.05, 0) is 55.4 Å². The number of amides is 1. The normalized spacial score (nSPS) is 38.9. The molecule has 6 rings (SSSR count). The molecule has 18 nitrogen and oxygen atoms in total. The quantitative estimate of drug-likeness (QED) is 0.112. The van der Waals surface area contributed by atoms with E-state index in [0.29, 0.717) is 0 Å². The molecule has 10 N–H and O–H groups in total. The molecular formula is C64H87NO17. The Balaban J connectivity index is 1.19. The average Bonchev–Trinajstić information content (AvgIpc) is 3.09. The summed E-state index contributed by atoms with van der Waals surface area (Å²) in [6.45, 7) is 10.8. The van der Waals surface area contributed by atoms with Gasteiger partial charge >= 0.3 is 12.1 Å². The second-order valence-electron chi connectivity index (χ2n) is 22.1. The highest BCUT2D eigenvalue weighted by Crippen LogP contribution is 2.45. The number of hydrogen-bond acceptors (Lipinski definition) is 17. The molecule has 82 heavy (non-hydrogen) atoms. The van der Waals surface area contributed by atoms with Gasteiger partial charge in [-0.25, -0.2) is 4.79 Å². The molecule has 0 unspecified atom stereocenters. The lowest BCUT2D eigenvalue weighted by atomic mass is 9.82. The molecule has 1 aliphatic carbocycles. The van der Waals surface area contributed by atoms with Gasteiger partial charge in [0.15, 0.2) is 12.1 Å². The molecule has 18 heteroatoms. The summed E-state index contributed by atoms with van der Waals surface area (Å²) in [6, 6.07) is 14.5. The number of carbonyl (C=O) groups excluding carboxylic acids is 2. The number of alkyl carbamates (subject to hydrolysis) is 1. The Labute approximate surface area is 482 Å². The largest absolute Gasteiger partial charge is 0.462 e. The third-order valence-electron chi connectivity index (χ3n) is 16.0. The van der Waals surface area contributed by atoms with Gasteiger partial charge < -0.3 is 79.7 Å². The number of aliphatic hydroxyl groups excluding tert-OH is 9. The van der Waals surface area contributed by atoms with Gasteiger partial charge in [-0.3, -0.25) is 4.79 Å². The van der Waals surface area contributed by atoms with Crippen molar-refractivity contribution in [2.75, 3.05) is 13.7 Å². The van der Waals surface area contributed by atoms with E-state index in [1.54, 1.807) is 51.2 Å². The van der Waals surface area contributed by atoms with Crippen molar-refractivity contribution in [3.8, 4) is 11.1 Å². The van der Waals surface area contributed by atoms with Crippen LogP contribution in [0.15, 0.2) is 146 Å². The minimum Gasteiger partial charge on any atom is -0.462 e. The van der Waals surface area contributed by atoms with Gasteiger partial charge in [0.25, 0.3) is 0 Å². The molecule has 3 heterocycles. The third kappa shape index (κ3) is 18.5. The summed E-state index contributed by atoms with van der Waals surface area (Å²) in [5.41, 5.74) is 4.13. The summed E-state index contributed by atoms with van der Waals surface area (Å²) >= 11 is 0. The van der Waals surface area contributed by atoms with Crippen molar-refractivity contribution in [2.45, 2.75) is 182 Å². The van der Waals surface area contributed by atoms with Crippen LogP contribution in [-0.2, 0) is 33.2 Å². The standard InChI is InChI=1S/C64H87NO17/c1-7-47-55(71)37-64(77-6)36-45(68)33-54(70)53(69)31-30-43(66)32-44(67)34-57(72)79-41(4)40(3)59(73)39(2)24-18-16-14-12-10-8-9-11-13-15-17-19-25-46(35-56(47)82-64)81-62-61(75)58(60(74)42(5)80-62)65-63(76)78-38-52-50-28-22-20-26-48(50)49-27-21-23-29-51(49)52/h7-29,39-47,52-56,58-62,66-71,73-75H,1,30-38H2,2-6H3,(H,65,76)/b9-8+,12-10+,13-11+,16-14+,17-15+,24-18+,25-19+/t39-,40-,41-,42+,43+,44+,45-,46-,47+,53+,54+,55-,56-,58-,59+,60+,61-,62-,64+/m0/s1. The lowest BCUT2D eigenvalue weighted by Crippen LogP contribution is -2.64. The summed E-state index contributed by atoms with van der Waals surface area (Å²) in [7, 11) is 1.35. The van der Waals surface area contributed by atoms with E-state index in [1.807, 2.05) is 110 Å². The minimum absolute atomic E-state index is 0.00427. The molecule has 0 saturated carbocycles. The van der Waals surface area contributed by atoms with Gasteiger partial charge in [0.1, 0.15) is 24.9 Å². The SMILES string of the molecule is C=C[C@H]1[C@@H]2C[C@@H](O[C@@H]3O[C@H](C)[C@@H](O)[C@H](NC(=O)OCC4c5ccccc5-c5ccccc54)[C@@H]3O)/C=C/C=C/C=C/C=C/C=C/C=C/C=C/[C@H](C)[C@@H](O)[C@@H](C)[C@H](C)OC(=O)C[C@H](O)C[C@H](O)CC[C@@H](O)[C@H](O)C[C@H](O)C[C@](OC)(C[C@@H]1O)O2. The highest BCUT2D eigenvalue weighted by atomic mass is 16.7. The highest BCUT2D eigenvalue weighted by Gasteiger charge is 2.50. The molecule has 450 valence electrons. The number of carbonyl (C=O) groups is 2. The fourth-order valence-corrected chi connectivity index (χ4v) is 11.1. The number of hydrogen-bond donors (Lipinski definition) is 10. The van der Waals surface area contributed by atoms with E-state index in [0.717, 1.165) is 22.3 Å². The molecule has 1 amide bonds. The molecule has 2 aromatic carbocycles. The number of methoxy groups -OCH3 is 1. The Morgan fingerprint density at radius 1 is 0.671 bits per heavy atom. The summed E-state index contributed by atoms with van der Waals surface area (Å²) in [5, 5.41) is 103. The van der Waals surface area contributed by atoms with Crippen molar-refractivity contribution in [1.29, 1.82) is 0 Å². The molecule has 3 aliphatic heterocycles. The van der Waals surface area contributed by atoms with Crippen LogP contribution in [0.5, 0.6) is 0 Å². The maximum absolute atomic E-state index is 13.5. The summed E-state index contributed by atoms with van der Waals surface area (Å²) in [6.07, 6.45) is 7.84. The monoisotopic (exact) mass is 1140 g/mol. The zero-order valence-corrected chi connectivity index (χ0v) is 47.6. The molecule has 0 spiro atoms. The number of cyclic esters (lactones) is 1. The van der Waals surface area contributed by atoms with Crippen molar-refractivity contribution < 1.29 is 84.0 Å². The van der Waals surface area contributed by atoms with E-state index < -0.39 is 128 Å². The number of fused-ring (bicyclic) bond motifs is 5. The van der Waals surface area contributed by atoms with Crippen LogP contribution in [0.3, 0.4) is 0 Å². The number of ether oxygens (including phenoxy) is 6. The van der Waals surface area contributed by atoms with Crippen molar-refractivity contribution in [3.63, 3.8) is 0 Å². The average molecular weight is 1140 g/mol. The highest BCUT2D eigenvalue weighted by molar-refractivity contribution is 5.79. The van der Waals surface area contributed by atoms with E-state index in [1.165, 1.54) is 13.2 Å². The number of allylic oxidation sites excluding steroid dienone is 12. The van der Waals surface area contributed by atoms with Crippen LogP contribution in [-0.4, -0.2) is 169 Å². The molecule has 19 atom stereocenters. The number of rotatable bonds is 7. The summed E-state index contributed by atoms with van der Waals surface area (Å²) < 4.78 is 36.4. The zero-order chi connectivity index (χ0) is 59.5. The smallest absolute Gasteiger partial charge is 0.407 e. The Bertz CT molecular complexity index is 2520. The first-order valence-corrected chi connectivity index (χ1v) is 28.5. The first kappa shape index (κ1) is 65.7. The van der Waals surface area contributed by atoms with Crippen molar-refractivity contribution >= 4 is 12.1 Å². The molecular weight excluding hydrogens is 1050 g/mol. The van der Waals surface area contributed by atoms with Crippen molar-refractivity contribution in [3.05, 3.63) is 157 Å². The predicted octanol–water partition coefficient (Wildman–Crippen LogP) is 6.05. The second kappa shape index (κ2) is 32.0. The number of benzene rings is 2. The Morgan fingerprint density at radius 3 is 1.85 bits per heavy atom. The molecule has 2 fully saturated rings. The van der Waals surface area contributed by atoms with Crippen molar-refractivity contribution in [1.82, 2.24) is 5.32 Å². The molecule has 0 aromatic heterocycles. The van der Waals surface area contributed by atoms with Crippen LogP contribution in [0.1, 0.15) is 96.1 Å². The third-order valence-corrected chi connectivity index (χ3v) is 16.0. The van der Waals surface area contributed by atoms with Crippen molar-refractivity contribution in [2.24, 2.45) is 17.8 Å². The van der Waals surface area contributed by atoms with E-state index in [4.69, 9.17) is 28.4 Å². The van der Waals surface area contributed by atoms with Crippen LogP contribution in [0, 0.1) is 17.8 Å². The zero-order valence-electron chi connectivity index (χ0n) is 47.6. The van der Waals surface area contributed by atoms with Gasteiger partial charge in [-0.1, -0.05) is 154 Å². The van der Waals surface area contributed by atoms with Crippen LogP contribution >= 0.6 is 0 Å².